The van der Waals surface area contributed by atoms with Crippen molar-refractivity contribution in [1.29, 1.82) is 0 Å². The maximum atomic E-state index is 13.3. The monoisotopic (exact) mass is 391 g/mol. The van der Waals surface area contributed by atoms with E-state index in [4.69, 9.17) is 0 Å². The Morgan fingerprint density at radius 3 is 2.52 bits per heavy atom. The average molecular weight is 392 g/mol. The maximum absolute atomic E-state index is 13.3. The van der Waals surface area contributed by atoms with Gasteiger partial charge in [0.25, 0.3) is 11.5 Å². The molecule has 1 aliphatic carbocycles. The Kier molecular flexibility index (Phi) is 5.31. The number of hydrogen-bond acceptors (Lipinski definition) is 3. The Morgan fingerprint density at radius 1 is 1.17 bits per heavy atom. The van der Waals surface area contributed by atoms with E-state index in [0.717, 1.165) is 43.5 Å². The van der Waals surface area contributed by atoms with Crippen LogP contribution in [0.4, 0.5) is 5.69 Å². The van der Waals surface area contributed by atoms with E-state index < -0.39 is 0 Å². The van der Waals surface area contributed by atoms with Crippen LogP contribution < -0.4 is 10.5 Å². The van der Waals surface area contributed by atoms with Gasteiger partial charge >= 0.3 is 0 Å². The minimum Gasteiger partial charge on any atom is -0.371 e. The van der Waals surface area contributed by atoms with Gasteiger partial charge < -0.3 is 14.4 Å². The van der Waals surface area contributed by atoms with Crippen LogP contribution in [0.25, 0.3) is 6.08 Å². The molecule has 0 bridgehead atoms. The van der Waals surface area contributed by atoms with Gasteiger partial charge in [-0.25, -0.2) is 0 Å². The quantitative estimate of drug-likeness (QED) is 0.804. The summed E-state index contributed by atoms with van der Waals surface area (Å²) in [6.45, 7) is 4.06. The molecule has 2 aliphatic rings. The van der Waals surface area contributed by atoms with Crippen LogP contribution in [-0.2, 0) is 19.9 Å². The van der Waals surface area contributed by atoms with E-state index in [0.29, 0.717) is 12.0 Å². The molecule has 1 amide bonds. The predicted molar refractivity (Wildman–Crippen MR) is 118 cm³/mol. The lowest BCUT2D eigenvalue weighted by atomic mass is 10.00. The highest BCUT2D eigenvalue weighted by atomic mass is 16.2. The number of rotatable bonds is 4. The zero-order valence-electron chi connectivity index (χ0n) is 17.5. The summed E-state index contributed by atoms with van der Waals surface area (Å²) in [6, 6.07) is 9.02. The molecule has 5 heteroatoms. The lowest BCUT2D eigenvalue weighted by molar-refractivity contribution is 0.0708. The molecular weight excluding hydrogens is 362 g/mol. The second-order valence-electron chi connectivity index (χ2n) is 8.11. The average Bonchev–Trinajstić information content (AvgIpc) is 3.26. The predicted octanol–water partition coefficient (Wildman–Crippen LogP) is 3.26. The van der Waals surface area contributed by atoms with E-state index in [1.54, 1.807) is 13.2 Å². The molecule has 1 aromatic heterocycles. The highest BCUT2D eigenvalue weighted by Crippen LogP contribution is 2.26. The number of aryl methyl sites for hydroxylation is 2. The highest BCUT2D eigenvalue weighted by Gasteiger charge is 2.29. The third kappa shape index (κ3) is 3.61. The topological polar surface area (TPSA) is 45.5 Å². The summed E-state index contributed by atoms with van der Waals surface area (Å²) in [5.41, 5.74) is 4.78. The van der Waals surface area contributed by atoms with Gasteiger partial charge in [-0.2, -0.15) is 0 Å². The normalized spacial score (nSPS) is 16.2. The van der Waals surface area contributed by atoms with Gasteiger partial charge in [-0.1, -0.05) is 31.2 Å². The first-order valence-electron chi connectivity index (χ1n) is 10.5. The Bertz CT molecular complexity index is 996. The zero-order valence-corrected chi connectivity index (χ0v) is 17.5. The van der Waals surface area contributed by atoms with Crippen LogP contribution >= 0.6 is 0 Å². The molecule has 1 saturated heterocycles. The van der Waals surface area contributed by atoms with Crippen molar-refractivity contribution >= 4 is 17.7 Å². The van der Waals surface area contributed by atoms with Gasteiger partial charge in [-0.15, -0.1) is 0 Å². The first-order valence-corrected chi connectivity index (χ1v) is 10.5. The molecule has 152 valence electrons. The highest BCUT2D eigenvalue weighted by molar-refractivity contribution is 5.98. The second kappa shape index (κ2) is 7.90. The van der Waals surface area contributed by atoms with Crippen molar-refractivity contribution in [2.45, 2.75) is 38.6 Å². The molecule has 0 saturated carbocycles. The van der Waals surface area contributed by atoms with Crippen molar-refractivity contribution in [3.63, 3.8) is 0 Å². The first kappa shape index (κ1) is 19.5. The van der Waals surface area contributed by atoms with Crippen LogP contribution in [0.15, 0.2) is 41.3 Å². The molecule has 0 atom stereocenters. The lowest BCUT2D eigenvalue weighted by Gasteiger charge is -2.38. The van der Waals surface area contributed by atoms with Gasteiger partial charge in [0.2, 0.25) is 0 Å². The number of anilines is 1. The minimum absolute atomic E-state index is 0.00778. The summed E-state index contributed by atoms with van der Waals surface area (Å²) in [4.78, 5) is 29.8. The molecule has 2 heterocycles. The smallest absolute Gasteiger partial charge is 0.255 e. The number of hydrogen-bond donors (Lipinski definition) is 0. The molecule has 0 N–H and O–H groups in total. The van der Waals surface area contributed by atoms with E-state index in [-0.39, 0.29) is 17.5 Å². The number of carbonyl (C=O) groups is 1. The van der Waals surface area contributed by atoms with Crippen molar-refractivity contribution in [2.24, 2.45) is 7.05 Å². The Hall–Kier alpha value is -2.82. The largest absolute Gasteiger partial charge is 0.371 e. The second-order valence-corrected chi connectivity index (χ2v) is 8.11. The van der Waals surface area contributed by atoms with Gasteiger partial charge in [-0.3, -0.25) is 9.59 Å². The number of aromatic nitrogens is 1. The molecule has 0 spiro atoms. The third-order valence-electron chi connectivity index (χ3n) is 6.40. The summed E-state index contributed by atoms with van der Waals surface area (Å²) < 4.78 is 1.54. The first-order chi connectivity index (χ1) is 14.0. The standard InChI is InChI=1S/C24H29N3O2/c1-4-17-8-10-19(11-9-17)27-14-12-18(13-15-27)26(3)24(29)22-16-25(2)23(28)21-7-5-6-20(21)22/h5-6,8-11,16,18H,4,7,12-15H2,1-3H3. The Morgan fingerprint density at radius 2 is 1.86 bits per heavy atom. The van der Waals surface area contributed by atoms with Gasteiger partial charge in [0.15, 0.2) is 0 Å². The lowest BCUT2D eigenvalue weighted by Crippen LogP contribution is -2.46. The van der Waals surface area contributed by atoms with Crippen LogP contribution in [-0.4, -0.2) is 41.6 Å². The number of amides is 1. The van der Waals surface area contributed by atoms with E-state index >= 15 is 0 Å². The molecule has 1 aromatic carbocycles. The van der Waals surface area contributed by atoms with Crippen molar-refractivity contribution in [3.05, 3.63) is 69.1 Å². The number of fused-ring (bicyclic) bond motifs is 1. The number of allylic oxidation sites excluding steroid dienone is 1. The molecule has 0 radical (unpaired) electrons. The number of carbonyl (C=O) groups excluding carboxylic acids is 1. The Labute approximate surface area is 172 Å². The fraction of sp³-hybridized carbons (Fsp3) is 0.417. The van der Waals surface area contributed by atoms with Crippen molar-refractivity contribution < 1.29 is 4.79 Å². The van der Waals surface area contributed by atoms with Crippen molar-refractivity contribution in [3.8, 4) is 0 Å². The molecule has 0 unspecified atom stereocenters. The SMILES string of the molecule is CCc1ccc(N2CCC(N(C)C(=O)c3cn(C)c(=O)c4c3C=CC4)CC2)cc1. The number of benzene rings is 1. The summed E-state index contributed by atoms with van der Waals surface area (Å²) in [6.07, 6.45) is 9.13. The summed E-state index contributed by atoms with van der Waals surface area (Å²) in [7, 11) is 3.62. The van der Waals surface area contributed by atoms with Crippen LogP contribution in [0, 0.1) is 0 Å². The van der Waals surface area contributed by atoms with Crippen molar-refractivity contribution in [2.75, 3.05) is 25.0 Å². The molecule has 2 aromatic rings. The number of piperidine rings is 1. The fourth-order valence-corrected chi connectivity index (χ4v) is 4.47. The maximum Gasteiger partial charge on any atom is 0.255 e. The molecular formula is C24H29N3O2. The molecule has 1 fully saturated rings. The van der Waals surface area contributed by atoms with E-state index in [1.165, 1.54) is 15.8 Å². The van der Waals surface area contributed by atoms with Crippen LogP contribution in [0.3, 0.4) is 0 Å². The summed E-state index contributed by atoms with van der Waals surface area (Å²) >= 11 is 0. The van der Waals surface area contributed by atoms with Crippen LogP contribution in [0.1, 0.15) is 46.8 Å². The van der Waals surface area contributed by atoms with Crippen LogP contribution in [0.5, 0.6) is 0 Å². The molecule has 4 rings (SSSR count). The van der Waals surface area contributed by atoms with Gasteiger partial charge in [0, 0.05) is 50.7 Å². The van der Waals surface area contributed by atoms with Gasteiger partial charge in [-0.05, 0) is 48.9 Å². The summed E-state index contributed by atoms with van der Waals surface area (Å²) in [5.74, 6) is 0.00847. The Balaban J connectivity index is 1.46. The van der Waals surface area contributed by atoms with Crippen LogP contribution in [0.2, 0.25) is 0 Å². The van der Waals surface area contributed by atoms with E-state index in [2.05, 4.69) is 36.1 Å². The molecule has 29 heavy (non-hydrogen) atoms. The fourth-order valence-electron chi connectivity index (χ4n) is 4.47. The van der Waals surface area contributed by atoms with Gasteiger partial charge in [0.1, 0.15) is 0 Å². The summed E-state index contributed by atoms with van der Waals surface area (Å²) in [5, 5.41) is 0. The molecule has 1 aliphatic heterocycles. The minimum atomic E-state index is -0.00778. The third-order valence-corrected chi connectivity index (χ3v) is 6.40. The van der Waals surface area contributed by atoms with E-state index in [1.807, 2.05) is 24.1 Å². The zero-order chi connectivity index (χ0) is 20.5. The number of nitrogens with zero attached hydrogens (tertiary/aromatic N) is 3. The van der Waals surface area contributed by atoms with Crippen molar-refractivity contribution in [1.82, 2.24) is 9.47 Å². The van der Waals surface area contributed by atoms with E-state index in [9.17, 15) is 9.59 Å². The number of pyridine rings is 1. The molecule has 5 nitrogen and oxygen atoms in total. The van der Waals surface area contributed by atoms with Gasteiger partial charge in [0.05, 0.1) is 5.56 Å².